The number of para-hydroxylation sites is 1. The van der Waals surface area contributed by atoms with Gasteiger partial charge in [-0.25, -0.2) is 8.42 Å². The largest absolute Gasteiger partial charge is 0.507 e. The SMILES string of the molecule is CCS(=O)(=O)C(CCNC(=O)c1ccccc1O)N1CCC(N[C@@H]2C[C@H]2c2ccccc2)CC1. The fourth-order valence-electron chi connectivity index (χ4n) is 4.96. The summed E-state index contributed by atoms with van der Waals surface area (Å²) in [5, 5.41) is 15.8. The summed E-state index contributed by atoms with van der Waals surface area (Å²) in [6, 6.07) is 17.8. The third-order valence-electron chi connectivity index (χ3n) is 7.05. The van der Waals surface area contributed by atoms with Gasteiger partial charge in [0, 0.05) is 43.4 Å². The molecule has 2 aromatic rings. The number of amides is 1. The van der Waals surface area contributed by atoms with Crippen LogP contribution in [0.4, 0.5) is 0 Å². The minimum atomic E-state index is -3.30. The van der Waals surface area contributed by atoms with Crippen molar-refractivity contribution in [3.05, 3.63) is 65.7 Å². The summed E-state index contributed by atoms with van der Waals surface area (Å²) in [6.45, 7) is 3.35. The van der Waals surface area contributed by atoms with E-state index in [1.54, 1.807) is 25.1 Å². The van der Waals surface area contributed by atoms with Crippen molar-refractivity contribution >= 4 is 15.7 Å². The summed E-state index contributed by atoms with van der Waals surface area (Å²) < 4.78 is 25.7. The van der Waals surface area contributed by atoms with Crippen molar-refractivity contribution in [2.24, 2.45) is 0 Å². The Bertz CT molecular complexity index is 1070. The summed E-state index contributed by atoms with van der Waals surface area (Å²) in [4.78, 5) is 14.4. The van der Waals surface area contributed by atoms with Crippen LogP contribution in [-0.2, 0) is 9.84 Å². The molecule has 2 aliphatic rings. The number of carbonyl (C=O) groups is 1. The van der Waals surface area contributed by atoms with Gasteiger partial charge in [-0.05, 0) is 43.4 Å². The summed E-state index contributed by atoms with van der Waals surface area (Å²) >= 11 is 0. The van der Waals surface area contributed by atoms with Crippen LogP contribution in [0, 0.1) is 0 Å². The zero-order valence-corrected chi connectivity index (χ0v) is 20.5. The molecule has 1 unspecified atom stereocenters. The molecule has 0 aromatic heterocycles. The molecular formula is C26H35N3O4S. The van der Waals surface area contributed by atoms with Crippen molar-refractivity contribution in [1.82, 2.24) is 15.5 Å². The minimum Gasteiger partial charge on any atom is -0.507 e. The first kappa shape index (κ1) is 24.7. The normalized spacial score (nSPS) is 22.3. The van der Waals surface area contributed by atoms with Crippen LogP contribution in [0.2, 0.25) is 0 Å². The van der Waals surface area contributed by atoms with Crippen molar-refractivity contribution in [2.75, 3.05) is 25.4 Å². The number of sulfone groups is 1. The van der Waals surface area contributed by atoms with Crippen molar-refractivity contribution in [3.63, 3.8) is 0 Å². The lowest BCUT2D eigenvalue weighted by molar-refractivity contribution is 0.0946. The van der Waals surface area contributed by atoms with Crippen LogP contribution in [0.25, 0.3) is 0 Å². The van der Waals surface area contributed by atoms with E-state index < -0.39 is 21.1 Å². The first-order valence-electron chi connectivity index (χ1n) is 12.2. The van der Waals surface area contributed by atoms with E-state index >= 15 is 0 Å². The number of benzene rings is 2. The van der Waals surface area contributed by atoms with Crippen molar-refractivity contribution in [1.29, 1.82) is 0 Å². The van der Waals surface area contributed by atoms with Gasteiger partial charge < -0.3 is 15.7 Å². The van der Waals surface area contributed by atoms with E-state index in [1.807, 2.05) is 6.07 Å². The highest BCUT2D eigenvalue weighted by atomic mass is 32.2. The zero-order chi connectivity index (χ0) is 24.1. The van der Waals surface area contributed by atoms with Gasteiger partial charge in [-0.3, -0.25) is 9.69 Å². The Balaban J connectivity index is 1.28. The molecule has 0 bridgehead atoms. The molecule has 1 aliphatic carbocycles. The van der Waals surface area contributed by atoms with Gasteiger partial charge in [-0.1, -0.05) is 49.4 Å². The maximum Gasteiger partial charge on any atom is 0.255 e. The summed E-state index contributed by atoms with van der Waals surface area (Å²) in [7, 11) is -3.30. The van der Waals surface area contributed by atoms with E-state index in [-0.39, 0.29) is 23.6 Å². The number of phenols is 1. The number of hydrogen-bond acceptors (Lipinski definition) is 6. The van der Waals surface area contributed by atoms with E-state index in [0.29, 0.717) is 24.4 Å². The third-order valence-corrected chi connectivity index (χ3v) is 9.21. The fraction of sp³-hybridized carbons (Fsp3) is 0.500. The standard InChI is InChI=1S/C26H35N3O4S/c1-2-34(32,33)25(12-15-27-26(31)21-10-6-7-11-24(21)30)29-16-13-20(14-17-29)28-23-18-22(23)19-8-4-3-5-9-19/h3-11,20,22-23,25,28,30H,2,12-18H2,1H3,(H,27,31)/t22-,23+,25?/m0/s1. The van der Waals surface area contributed by atoms with Crippen molar-refractivity contribution < 1.29 is 18.3 Å². The molecule has 3 N–H and O–H groups in total. The Kier molecular flexibility index (Phi) is 7.91. The van der Waals surface area contributed by atoms with Gasteiger partial charge in [0.1, 0.15) is 11.1 Å². The van der Waals surface area contributed by atoms with Crippen LogP contribution >= 0.6 is 0 Å². The van der Waals surface area contributed by atoms with Gasteiger partial charge in [0.2, 0.25) is 0 Å². The lowest BCUT2D eigenvalue weighted by Crippen LogP contribution is -2.51. The molecule has 0 spiro atoms. The Labute approximate surface area is 202 Å². The number of nitrogens with one attached hydrogen (secondary N) is 2. The van der Waals surface area contributed by atoms with E-state index in [4.69, 9.17) is 0 Å². The second-order valence-corrected chi connectivity index (χ2v) is 11.8. The maximum absolute atomic E-state index is 12.9. The smallest absolute Gasteiger partial charge is 0.255 e. The van der Waals surface area contributed by atoms with Crippen LogP contribution in [0.15, 0.2) is 54.6 Å². The molecule has 4 rings (SSSR count). The molecule has 0 radical (unpaired) electrons. The van der Waals surface area contributed by atoms with Gasteiger partial charge in [0.05, 0.1) is 5.56 Å². The molecule has 1 aliphatic heterocycles. The van der Waals surface area contributed by atoms with Crippen LogP contribution in [-0.4, -0.2) is 67.2 Å². The van der Waals surface area contributed by atoms with Crippen LogP contribution in [0.3, 0.4) is 0 Å². The first-order valence-corrected chi connectivity index (χ1v) is 13.9. The number of hydrogen-bond donors (Lipinski definition) is 3. The fourth-order valence-corrected chi connectivity index (χ4v) is 6.48. The van der Waals surface area contributed by atoms with Gasteiger partial charge in [0.25, 0.3) is 5.91 Å². The molecule has 2 fully saturated rings. The molecular weight excluding hydrogens is 450 g/mol. The third kappa shape index (κ3) is 5.98. The van der Waals surface area contributed by atoms with Gasteiger partial charge in [-0.2, -0.15) is 0 Å². The number of carbonyl (C=O) groups excluding carboxylic acids is 1. The number of rotatable bonds is 10. The first-order chi connectivity index (χ1) is 16.4. The average Bonchev–Trinajstić information content (AvgIpc) is 3.62. The maximum atomic E-state index is 12.9. The molecule has 3 atom stereocenters. The molecule has 1 saturated carbocycles. The number of piperidine rings is 1. The number of phenolic OH excluding ortho intramolecular Hbond substituents is 1. The molecule has 7 nitrogen and oxygen atoms in total. The van der Waals surface area contributed by atoms with Crippen molar-refractivity contribution in [2.45, 2.75) is 56.0 Å². The van der Waals surface area contributed by atoms with E-state index in [2.05, 4.69) is 39.8 Å². The van der Waals surface area contributed by atoms with Gasteiger partial charge in [0.15, 0.2) is 9.84 Å². The highest BCUT2D eigenvalue weighted by molar-refractivity contribution is 7.91. The van der Waals surface area contributed by atoms with Gasteiger partial charge in [-0.15, -0.1) is 0 Å². The summed E-state index contributed by atoms with van der Waals surface area (Å²) in [5.41, 5.74) is 1.58. The predicted octanol–water partition coefficient (Wildman–Crippen LogP) is 2.88. The minimum absolute atomic E-state index is 0.0735. The quantitative estimate of drug-likeness (QED) is 0.479. The number of nitrogens with zero attached hydrogens (tertiary/aromatic N) is 1. The van der Waals surface area contributed by atoms with Crippen molar-refractivity contribution in [3.8, 4) is 5.75 Å². The topological polar surface area (TPSA) is 98.7 Å². The Morgan fingerprint density at radius 2 is 1.76 bits per heavy atom. The Morgan fingerprint density at radius 1 is 1.09 bits per heavy atom. The molecule has 184 valence electrons. The summed E-state index contributed by atoms with van der Waals surface area (Å²) in [6.07, 6.45) is 3.32. The highest BCUT2D eigenvalue weighted by Crippen LogP contribution is 2.41. The molecule has 8 heteroatoms. The van der Waals surface area contributed by atoms with Gasteiger partial charge >= 0.3 is 0 Å². The summed E-state index contributed by atoms with van der Waals surface area (Å²) in [5.74, 6) is 0.174. The average molecular weight is 486 g/mol. The lowest BCUT2D eigenvalue weighted by Gasteiger charge is -2.37. The Hall–Kier alpha value is -2.42. The molecule has 1 heterocycles. The van der Waals surface area contributed by atoms with E-state index in [1.165, 1.54) is 11.6 Å². The second-order valence-electron chi connectivity index (χ2n) is 9.30. The van der Waals surface area contributed by atoms with Crippen LogP contribution in [0.1, 0.15) is 54.4 Å². The molecule has 1 saturated heterocycles. The highest BCUT2D eigenvalue weighted by Gasteiger charge is 2.40. The number of likely N-dealkylation sites (tertiary alicyclic amines) is 1. The van der Waals surface area contributed by atoms with Crippen LogP contribution < -0.4 is 10.6 Å². The second kappa shape index (κ2) is 10.9. The Morgan fingerprint density at radius 3 is 2.44 bits per heavy atom. The zero-order valence-electron chi connectivity index (χ0n) is 19.7. The predicted molar refractivity (Wildman–Crippen MR) is 134 cm³/mol. The van der Waals surface area contributed by atoms with Crippen LogP contribution in [0.5, 0.6) is 5.75 Å². The lowest BCUT2D eigenvalue weighted by atomic mass is 10.0. The molecule has 34 heavy (non-hydrogen) atoms. The van der Waals surface area contributed by atoms with E-state index in [0.717, 1.165) is 32.4 Å². The van der Waals surface area contributed by atoms with E-state index in [9.17, 15) is 18.3 Å². The molecule has 1 amide bonds. The number of aromatic hydroxyl groups is 1. The monoisotopic (exact) mass is 485 g/mol. The molecule has 2 aromatic carbocycles.